The summed E-state index contributed by atoms with van der Waals surface area (Å²) in [4.78, 5) is 35.3. The Kier molecular flexibility index (Phi) is 5.40. The molecule has 1 heterocycles. The zero-order valence-corrected chi connectivity index (χ0v) is 12.7. The number of amides is 3. The number of halogens is 1. The second kappa shape index (κ2) is 7.29. The molecule has 0 saturated carbocycles. The van der Waals surface area contributed by atoms with Gasteiger partial charge in [0.25, 0.3) is 5.91 Å². The normalized spacial score (nSPS) is 16.9. The second-order valence-corrected chi connectivity index (χ2v) is 5.00. The Morgan fingerprint density at radius 1 is 1.48 bits per heavy atom. The molecule has 0 aromatic heterocycles. The number of anilines is 1. The molecular formula is C13H14FN3O5S. The van der Waals surface area contributed by atoms with Crippen LogP contribution in [0.2, 0.25) is 0 Å². The van der Waals surface area contributed by atoms with E-state index in [1.165, 1.54) is 16.4 Å². The third-order valence-corrected chi connectivity index (χ3v) is 3.44. The lowest BCUT2D eigenvalue weighted by Crippen LogP contribution is -2.35. The van der Waals surface area contributed by atoms with E-state index in [-0.39, 0.29) is 36.0 Å². The quantitative estimate of drug-likeness (QED) is 0.350. The molecule has 2 rings (SSSR count). The molecular weight excluding hydrogens is 329 g/mol. The largest absolute Gasteiger partial charge is 0.442 e. The minimum Gasteiger partial charge on any atom is -0.442 e. The maximum absolute atomic E-state index is 13.8. The lowest BCUT2D eigenvalue weighted by atomic mass is 10.1. The van der Waals surface area contributed by atoms with Crippen LogP contribution in [0.1, 0.15) is 10.4 Å². The Balaban J connectivity index is 2.07. The van der Waals surface area contributed by atoms with Crippen molar-refractivity contribution in [2.75, 3.05) is 23.7 Å². The Bertz CT molecular complexity index is 642. The van der Waals surface area contributed by atoms with Gasteiger partial charge < -0.3 is 10.1 Å². The first kappa shape index (κ1) is 17.0. The van der Waals surface area contributed by atoms with Crippen molar-refractivity contribution >= 4 is 36.2 Å². The van der Waals surface area contributed by atoms with Crippen molar-refractivity contribution < 1.29 is 28.7 Å². The van der Waals surface area contributed by atoms with Crippen molar-refractivity contribution in [2.24, 2.45) is 0 Å². The van der Waals surface area contributed by atoms with Gasteiger partial charge >= 0.3 is 6.09 Å². The first-order valence-corrected chi connectivity index (χ1v) is 7.19. The number of cyclic esters (lactones) is 1. The molecule has 0 radical (unpaired) electrons. The highest BCUT2D eigenvalue weighted by atomic mass is 32.1. The smallest absolute Gasteiger partial charge is 0.414 e. The molecule has 1 aromatic carbocycles. The fourth-order valence-electron chi connectivity index (χ4n) is 2.04. The van der Waals surface area contributed by atoms with Gasteiger partial charge in [-0.2, -0.15) is 12.6 Å². The van der Waals surface area contributed by atoms with Crippen molar-refractivity contribution in [3.05, 3.63) is 29.6 Å². The standard InChI is InChI=1S/C13H14FN3O5S/c14-10-3-7(1-2-9(10)12(19)16-21)17-5-8(22-13(17)20)4-15-11(18)6-23/h1-3,8,21,23H,4-6H2,(H,15,18)(H,16,19)/t8-/m0/s1. The second-order valence-electron chi connectivity index (χ2n) is 4.68. The summed E-state index contributed by atoms with van der Waals surface area (Å²) in [5.41, 5.74) is 1.17. The number of hydroxylamine groups is 1. The molecule has 1 fully saturated rings. The van der Waals surface area contributed by atoms with Crippen molar-refractivity contribution in [1.29, 1.82) is 0 Å². The molecule has 0 aliphatic carbocycles. The molecule has 23 heavy (non-hydrogen) atoms. The molecule has 3 N–H and O–H groups in total. The minimum atomic E-state index is -0.995. The molecule has 1 aromatic rings. The summed E-state index contributed by atoms with van der Waals surface area (Å²) >= 11 is 3.81. The van der Waals surface area contributed by atoms with Crippen LogP contribution in [0, 0.1) is 5.82 Å². The van der Waals surface area contributed by atoms with Crippen LogP contribution < -0.4 is 15.7 Å². The summed E-state index contributed by atoms with van der Waals surface area (Å²) in [6.45, 7) is 0.242. The van der Waals surface area contributed by atoms with Gasteiger partial charge in [-0.05, 0) is 18.2 Å². The number of carbonyl (C=O) groups excluding carboxylic acids is 3. The summed E-state index contributed by atoms with van der Waals surface area (Å²) < 4.78 is 18.9. The molecule has 3 amide bonds. The predicted molar refractivity (Wildman–Crippen MR) is 80.1 cm³/mol. The van der Waals surface area contributed by atoms with Gasteiger partial charge in [0.1, 0.15) is 11.9 Å². The third-order valence-electron chi connectivity index (χ3n) is 3.16. The first-order valence-electron chi connectivity index (χ1n) is 6.56. The van der Waals surface area contributed by atoms with E-state index in [9.17, 15) is 18.8 Å². The van der Waals surface area contributed by atoms with E-state index < -0.39 is 23.9 Å². The number of carbonyl (C=O) groups is 3. The SMILES string of the molecule is O=C(CS)NC[C@H]1CN(c2ccc(C(=O)NO)c(F)c2)C(=O)O1. The van der Waals surface area contributed by atoms with E-state index >= 15 is 0 Å². The first-order chi connectivity index (χ1) is 11.0. The third kappa shape index (κ3) is 3.90. The van der Waals surface area contributed by atoms with Gasteiger partial charge in [-0.1, -0.05) is 0 Å². The summed E-state index contributed by atoms with van der Waals surface area (Å²) in [6, 6.07) is 3.48. The number of hydrogen-bond acceptors (Lipinski definition) is 6. The van der Waals surface area contributed by atoms with Crippen LogP contribution in [0.4, 0.5) is 14.9 Å². The number of hydrogen-bond donors (Lipinski definition) is 4. The number of nitrogens with zero attached hydrogens (tertiary/aromatic N) is 1. The van der Waals surface area contributed by atoms with E-state index in [1.807, 2.05) is 0 Å². The fraction of sp³-hybridized carbons (Fsp3) is 0.308. The van der Waals surface area contributed by atoms with Gasteiger partial charge in [-0.3, -0.25) is 19.7 Å². The van der Waals surface area contributed by atoms with Crippen LogP contribution in [-0.2, 0) is 9.53 Å². The van der Waals surface area contributed by atoms with E-state index in [1.54, 1.807) is 0 Å². The number of ether oxygens (including phenoxy) is 1. The van der Waals surface area contributed by atoms with Gasteiger partial charge in [-0.25, -0.2) is 14.7 Å². The lowest BCUT2D eigenvalue weighted by molar-refractivity contribution is -0.118. The van der Waals surface area contributed by atoms with Gasteiger partial charge in [0.15, 0.2) is 0 Å². The average molecular weight is 343 g/mol. The van der Waals surface area contributed by atoms with E-state index in [0.29, 0.717) is 0 Å². The zero-order valence-electron chi connectivity index (χ0n) is 11.8. The van der Waals surface area contributed by atoms with Crippen LogP contribution in [-0.4, -0.2) is 48.1 Å². The van der Waals surface area contributed by atoms with Crippen molar-refractivity contribution in [3.63, 3.8) is 0 Å². The van der Waals surface area contributed by atoms with Gasteiger partial charge in [0, 0.05) is 0 Å². The van der Waals surface area contributed by atoms with Gasteiger partial charge in [0.2, 0.25) is 5.91 Å². The molecule has 1 aliphatic heterocycles. The minimum absolute atomic E-state index is 0.0178. The van der Waals surface area contributed by atoms with E-state index in [4.69, 9.17) is 9.94 Å². The number of rotatable bonds is 5. The zero-order chi connectivity index (χ0) is 17.0. The molecule has 1 saturated heterocycles. The highest BCUT2D eigenvalue weighted by Gasteiger charge is 2.33. The van der Waals surface area contributed by atoms with E-state index in [2.05, 4.69) is 17.9 Å². The van der Waals surface area contributed by atoms with Crippen LogP contribution >= 0.6 is 12.6 Å². The monoisotopic (exact) mass is 343 g/mol. The van der Waals surface area contributed by atoms with Crippen molar-refractivity contribution in [3.8, 4) is 0 Å². The highest BCUT2D eigenvalue weighted by molar-refractivity contribution is 7.81. The number of nitrogens with one attached hydrogen (secondary N) is 2. The Morgan fingerprint density at radius 2 is 2.22 bits per heavy atom. The van der Waals surface area contributed by atoms with Crippen LogP contribution in [0.15, 0.2) is 18.2 Å². The molecule has 124 valence electrons. The molecule has 0 bridgehead atoms. The molecule has 8 nitrogen and oxygen atoms in total. The summed E-state index contributed by atoms with van der Waals surface area (Å²) in [7, 11) is 0. The fourth-order valence-corrected chi connectivity index (χ4v) is 2.15. The summed E-state index contributed by atoms with van der Waals surface area (Å²) in [5.74, 6) is -2.17. The van der Waals surface area contributed by atoms with Crippen molar-refractivity contribution in [1.82, 2.24) is 10.8 Å². The molecule has 1 atom stereocenters. The average Bonchev–Trinajstić information content (AvgIpc) is 2.92. The van der Waals surface area contributed by atoms with Crippen LogP contribution in [0.5, 0.6) is 0 Å². The van der Waals surface area contributed by atoms with Crippen molar-refractivity contribution in [2.45, 2.75) is 6.10 Å². The highest BCUT2D eigenvalue weighted by Crippen LogP contribution is 2.23. The number of thiol groups is 1. The molecule has 0 unspecified atom stereocenters. The lowest BCUT2D eigenvalue weighted by Gasteiger charge is -2.14. The maximum Gasteiger partial charge on any atom is 0.414 e. The van der Waals surface area contributed by atoms with Crippen LogP contribution in [0.3, 0.4) is 0 Å². The van der Waals surface area contributed by atoms with Gasteiger partial charge in [0.05, 0.1) is 30.1 Å². The Hall–Kier alpha value is -2.33. The van der Waals surface area contributed by atoms with E-state index in [0.717, 1.165) is 12.1 Å². The molecule has 10 heteroatoms. The topological polar surface area (TPSA) is 108 Å². The Labute approximate surface area is 136 Å². The Morgan fingerprint density at radius 3 is 2.83 bits per heavy atom. The summed E-state index contributed by atoms with van der Waals surface area (Å²) in [5, 5.41) is 11.0. The van der Waals surface area contributed by atoms with Gasteiger partial charge in [-0.15, -0.1) is 0 Å². The van der Waals surface area contributed by atoms with Crippen LogP contribution in [0.25, 0.3) is 0 Å². The maximum atomic E-state index is 13.8. The summed E-state index contributed by atoms with van der Waals surface area (Å²) in [6.07, 6.45) is -1.26. The molecule has 0 spiro atoms. The number of benzene rings is 1. The predicted octanol–water partition coefficient (Wildman–Crippen LogP) is 0.316. The molecule has 1 aliphatic rings.